The maximum absolute atomic E-state index is 13.0. The minimum atomic E-state index is -0.0270. The Morgan fingerprint density at radius 3 is 2.41 bits per heavy atom. The second-order valence-electron chi connectivity index (χ2n) is 6.89. The standard InChI is InChI=1S/C23H21N3OS2/c1-3-16(2)26-22(27)20(29-23(26)28)14-18-15-25(19-12-8-5-9-13-19)24-21(18)17-10-6-4-7-11-17/h4-16H,3H2,1-2H3/b20-14-/t16-/m1/s1. The van der Waals surface area contributed by atoms with Crippen LogP contribution in [0.3, 0.4) is 0 Å². The predicted octanol–water partition coefficient (Wildman–Crippen LogP) is 5.54. The Morgan fingerprint density at radius 2 is 1.76 bits per heavy atom. The molecule has 0 saturated carbocycles. The van der Waals surface area contributed by atoms with E-state index in [-0.39, 0.29) is 11.9 Å². The minimum absolute atomic E-state index is 0.0270. The van der Waals surface area contributed by atoms with Gasteiger partial charge in [0.05, 0.1) is 16.3 Å². The SMILES string of the molecule is CC[C@@H](C)N1C(=O)/C(=C/c2cn(-c3ccccc3)nc2-c2ccccc2)SC1=S. The molecule has 3 aromatic rings. The van der Waals surface area contributed by atoms with Crippen molar-refractivity contribution in [2.45, 2.75) is 26.3 Å². The number of rotatable bonds is 5. The fraction of sp³-hybridized carbons (Fsp3) is 0.174. The molecule has 1 aliphatic heterocycles. The van der Waals surface area contributed by atoms with Crippen LogP contribution in [0.2, 0.25) is 0 Å². The molecule has 1 aromatic heterocycles. The zero-order chi connectivity index (χ0) is 20.4. The summed E-state index contributed by atoms with van der Waals surface area (Å²) in [5.41, 5.74) is 3.70. The summed E-state index contributed by atoms with van der Waals surface area (Å²) in [6.07, 6.45) is 4.74. The van der Waals surface area contributed by atoms with Gasteiger partial charge in [0.15, 0.2) is 0 Å². The summed E-state index contributed by atoms with van der Waals surface area (Å²) in [5.74, 6) is -0.0270. The van der Waals surface area contributed by atoms with Crippen LogP contribution in [0.15, 0.2) is 71.8 Å². The Labute approximate surface area is 180 Å². The lowest BCUT2D eigenvalue weighted by Gasteiger charge is -2.21. The van der Waals surface area contributed by atoms with Gasteiger partial charge in [0.2, 0.25) is 0 Å². The third-order valence-corrected chi connectivity index (χ3v) is 6.28. The van der Waals surface area contributed by atoms with Gasteiger partial charge in [0.25, 0.3) is 5.91 Å². The summed E-state index contributed by atoms with van der Waals surface area (Å²) in [7, 11) is 0. The van der Waals surface area contributed by atoms with E-state index >= 15 is 0 Å². The molecule has 0 spiro atoms. The zero-order valence-electron chi connectivity index (χ0n) is 16.3. The van der Waals surface area contributed by atoms with Crippen molar-refractivity contribution in [3.63, 3.8) is 0 Å². The normalized spacial score (nSPS) is 16.6. The molecule has 4 nitrogen and oxygen atoms in total. The molecular formula is C23H21N3OS2. The van der Waals surface area contributed by atoms with Crippen molar-refractivity contribution in [3.8, 4) is 16.9 Å². The van der Waals surface area contributed by atoms with E-state index in [4.69, 9.17) is 17.3 Å². The van der Waals surface area contributed by atoms with Gasteiger partial charge in [-0.05, 0) is 31.6 Å². The highest BCUT2D eigenvalue weighted by atomic mass is 32.2. The summed E-state index contributed by atoms with van der Waals surface area (Å²) in [6.45, 7) is 4.08. The molecule has 0 N–H and O–H groups in total. The third-order valence-electron chi connectivity index (χ3n) is 4.95. The van der Waals surface area contributed by atoms with Gasteiger partial charge in [-0.2, -0.15) is 5.10 Å². The number of nitrogens with zero attached hydrogens (tertiary/aromatic N) is 3. The van der Waals surface area contributed by atoms with E-state index < -0.39 is 0 Å². The lowest BCUT2D eigenvalue weighted by molar-refractivity contribution is -0.123. The van der Waals surface area contributed by atoms with Gasteiger partial charge in [0.1, 0.15) is 4.32 Å². The van der Waals surface area contributed by atoms with Gasteiger partial charge in [-0.15, -0.1) is 0 Å². The van der Waals surface area contributed by atoms with Gasteiger partial charge in [-0.1, -0.05) is 79.4 Å². The van der Waals surface area contributed by atoms with Crippen molar-refractivity contribution in [3.05, 3.63) is 77.3 Å². The monoisotopic (exact) mass is 419 g/mol. The first-order chi connectivity index (χ1) is 14.1. The van der Waals surface area contributed by atoms with E-state index in [0.717, 1.165) is 28.9 Å². The summed E-state index contributed by atoms with van der Waals surface area (Å²) in [6, 6.07) is 20.1. The Kier molecular flexibility index (Phi) is 5.65. The van der Waals surface area contributed by atoms with Crippen molar-refractivity contribution in [1.29, 1.82) is 0 Å². The molecule has 0 unspecified atom stereocenters. The summed E-state index contributed by atoms with van der Waals surface area (Å²) in [5, 5.41) is 4.81. The lowest BCUT2D eigenvalue weighted by Crippen LogP contribution is -2.36. The molecule has 1 amide bonds. The number of hydrogen-bond donors (Lipinski definition) is 0. The van der Waals surface area contributed by atoms with Crippen LogP contribution in [0.4, 0.5) is 0 Å². The maximum Gasteiger partial charge on any atom is 0.266 e. The van der Waals surface area contributed by atoms with Gasteiger partial charge < -0.3 is 0 Å². The molecule has 1 atom stereocenters. The van der Waals surface area contributed by atoms with Crippen LogP contribution in [0, 0.1) is 0 Å². The van der Waals surface area contributed by atoms with Crippen LogP contribution in [-0.4, -0.2) is 30.9 Å². The highest BCUT2D eigenvalue weighted by Gasteiger charge is 2.35. The van der Waals surface area contributed by atoms with E-state index in [1.54, 1.807) is 4.90 Å². The molecule has 6 heteroatoms. The van der Waals surface area contributed by atoms with Crippen molar-refractivity contribution in [2.24, 2.45) is 0 Å². The number of thiocarbonyl (C=S) groups is 1. The smallest absolute Gasteiger partial charge is 0.266 e. The molecule has 29 heavy (non-hydrogen) atoms. The van der Waals surface area contributed by atoms with Crippen molar-refractivity contribution >= 4 is 40.3 Å². The summed E-state index contributed by atoms with van der Waals surface area (Å²) >= 11 is 6.83. The number of carbonyl (C=O) groups is 1. The number of benzene rings is 2. The maximum atomic E-state index is 13.0. The van der Waals surface area contributed by atoms with Gasteiger partial charge >= 0.3 is 0 Å². The fourth-order valence-electron chi connectivity index (χ4n) is 3.21. The highest BCUT2D eigenvalue weighted by Crippen LogP contribution is 2.36. The molecule has 0 bridgehead atoms. The van der Waals surface area contributed by atoms with E-state index in [1.807, 2.05) is 84.5 Å². The van der Waals surface area contributed by atoms with E-state index in [2.05, 4.69) is 6.92 Å². The number of carbonyl (C=O) groups excluding carboxylic acids is 1. The first-order valence-corrected chi connectivity index (χ1v) is 10.8. The largest absolute Gasteiger partial charge is 0.290 e. The highest BCUT2D eigenvalue weighted by molar-refractivity contribution is 8.26. The van der Waals surface area contributed by atoms with E-state index in [1.165, 1.54) is 11.8 Å². The zero-order valence-corrected chi connectivity index (χ0v) is 17.9. The Bertz CT molecular complexity index is 1070. The van der Waals surface area contributed by atoms with Crippen LogP contribution in [0.25, 0.3) is 23.0 Å². The first-order valence-electron chi connectivity index (χ1n) is 9.56. The third kappa shape index (κ3) is 3.91. The molecule has 4 rings (SSSR count). The number of aromatic nitrogens is 2. The van der Waals surface area contributed by atoms with Crippen LogP contribution in [0.5, 0.6) is 0 Å². The molecule has 1 saturated heterocycles. The van der Waals surface area contributed by atoms with Crippen LogP contribution >= 0.6 is 24.0 Å². The number of hydrogen-bond acceptors (Lipinski definition) is 4. The Morgan fingerprint density at radius 1 is 1.10 bits per heavy atom. The topological polar surface area (TPSA) is 38.1 Å². The Hall–Kier alpha value is -2.70. The quantitative estimate of drug-likeness (QED) is 0.402. The van der Waals surface area contributed by atoms with Crippen molar-refractivity contribution in [1.82, 2.24) is 14.7 Å². The molecule has 1 aliphatic rings. The summed E-state index contributed by atoms with van der Waals surface area (Å²) < 4.78 is 2.47. The van der Waals surface area contributed by atoms with E-state index in [9.17, 15) is 4.79 Å². The van der Waals surface area contributed by atoms with E-state index in [0.29, 0.717) is 9.23 Å². The van der Waals surface area contributed by atoms with Crippen molar-refractivity contribution < 1.29 is 4.79 Å². The second-order valence-corrected chi connectivity index (χ2v) is 8.56. The van der Waals surface area contributed by atoms with Crippen LogP contribution < -0.4 is 0 Å². The molecule has 146 valence electrons. The molecule has 0 aliphatic carbocycles. The molecule has 0 radical (unpaired) electrons. The molecule has 2 aromatic carbocycles. The average molecular weight is 420 g/mol. The second kappa shape index (κ2) is 8.35. The minimum Gasteiger partial charge on any atom is -0.290 e. The van der Waals surface area contributed by atoms with Crippen LogP contribution in [-0.2, 0) is 4.79 Å². The summed E-state index contributed by atoms with van der Waals surface area (Å²) in [4.78, 5) is 15.3. The molecule has 2 heterocycles. The van der Waals surface area contributed by atoms with Gasteiger partial charge in [-0.25, -0.2) is 4.68 Å². The predicted molar refractivity (Wildman–Crippen MR) is 124 cm³/mol. The van der Waals surface area contributed by atoms with Gasteiger partial charge in [-0.3, -0.25) is 9.69 Å². The molecular weight excluding hydrogens is 398 g/mol. The average Bonchev–Trinajstić information content (AvgIpc) is 3.30. The Balaban J connectivity index is 1.79. The molecule has 1 fully saturated rings. The fourth-order valence-corrected chi connectivity index (χ4v) is 4.66. The first kappa shape index (κ1) is 19.6. The number of amides is 1. The lowest BCUT2D eigenvalue weighted by atomic mass is 10.1. The number of para-hydroxylation sites is 1. The van der Waals surface area contributed by atoms with Gasteiger partial charge in [0, 0.05) is 23.4 Å². The van der Waals surface area contributed by atoms with Crippen LogP contribution in [0.1, 0.15) is 25.8 Å². The number of thioether (sulfide) groups is 1. The van der Waals surface area contributed by atoms with Crippen molar-refractivity contribution in [2.75, 3.05) is 0 Å².